The molecule has 1 rings (SSSR count). The van der Waals surface area contributed by atoms with Crippen LogP contribution in [-0.2, 0) is 10.0 Å². The van der Waals surface area contributed by atoms with Crippen LogP contribution >= 0.6 is 0 Å². The van der Waals surface area contributed by atoms with Crippen molar-refractivity contribution in [1.82, 2.24) is 9.29 Å². The van der Waals surface area contributed by atoms with Gasteiger partial charge in [0.15, 0.2) is 0 Å². The molecule has 0 bridgehead atoms. The summed E-state index contributed by atoms with van der Waals surface area (Å²) in [6.45, 7) is 6.97. The molecular weight excluding hydrogens is 262 g/mol. The van der Waals surface area contributed by atoms with E-state index in [4.69, 9.17) is 0 Å². The van der Waals surface area contributed by atoms with Gasteiger partial charge in [-0.15, -0.1) is 0 Å². The van der Waals surface area contributed by atoms with Crippen LogP contribution in [0.5, 0.6) is 0 Å². The van der Waals surface area contributed by atoms with Gasteiger partial charge in [-0.3, -0.25) is 4.98 Å². The Morgan fingerprint density at radius 1 is 1.42 bits per heavy atom. The predicted octanol–water partition coefficient (Wildman–Crippen LogP) is 2.18. The monoisotopic (exact) mass is 285 g/mol. The lowest BCUT2D eigenvalue weighted by Crippen LogP contribution is -2.35. The zero-order valence-electron chi connectivity index (χ0n) is 12.0. The van der Waals surface area contributed by atoms with E-state index < -0.39 is 10.0 Å². The number of sulfonamides is 1. The molecule has 0 saturated carbocycles. The minimum atomic E-state index is -3.49. The first kappa shape index (κ1) is 15.9. The smallest absolute Gasteiger partial charge is 0.246 e. The first-order valence-corrected chi connectivity index (χ1v) is 8.03. The molecule has 0 radical (unpaired) electrons. The molecule has 0 saturated heterocycles. The van der Waals surface area contributed by atoms with Crippen LogP contribution in [0, 0.1) is 5.92 Å². The van der Waals surface area contributed by atoms with Gasteiger partial charge in [0.25, 0.3) is 0 Å². The highest BCUT2D eigenvalue weighted by Gasteiger charge is 2.26. The molecule has 0 aliphatic heterocycles. The van der Waals surface area contributed by atoms with E-state index in [9.17, 15) is 8.42 Å². The number of rotatable bonds is 7. The van der Waals surface area contributed by atoms with Crippen molar-refractivity contribution in [3.05, 3.63) is 18.5 Å². The Kier molecular flexibility index (Phi) is 5.75. The summed E-state index contributed by atoms with van der Waals surface area (Å²) in [7, 11) is -1.78. The quantitative estimate of drug-likeness (QED) is 0.834. The van der Waals surface area contributed by atoms with E-state index >= 15 is 0 Å². The van der Waals surface area contributed by atoms with Gasteiger partial charge in [-0.2, -0.15) is 4.31 Å². The zero-order valence-corrected chi connectivity index (χ0v) is 12.9. The van der Waals surface area contributed by atoms with Crippen LogP contribution in [0.15, 0.2) is 23.4 Å². The number of nitrogens with one attached hydrogen (secondary N) is 1. The standard InChI is InChI=1S/C13H23N3O2S/c1-5-11(3)10-16(6-2)19(17,18)13-9-15-8-7-12(13)14-4/h7-9,11H,5-6,10H2,1-4H3,(H,14,15). The van der Waals surface area contributed by atoms with Gasteiger partial charge in [0, 0.05) is 32.5 Å². The summed E-state index contributed by atoms with van der Waals surface area (Å²) in [5.74, 6) is 0.337. The van der Waals surface area contributed by atoms with E-state index in [1.165, 1.54) is 10.5 Å². The topological polar surface area (TPSA) is 62.3 Å². The number of pyridine rings is 1. The fourth-order valence-electron chi connectivity index (χ4n) is 1.81. The molecule has 0 aromatic carbocycles. The summed E-state index contributed by atoms with van der Waals surface area (Å²) in [6, 6.07) is 1.67. The largest absolute Gasteiger partial charge is 0.387 e. The highest BCUT2D eigenvalue weighted by molar-refractivity contribution is 7.89. The van der Waals surface area contributed by atoms with Crippen LogP contribution in [0.3, 0.4) is 0 Å². The van der Waals surface area contributed by atoms with Crippen molar-refractivity contribution in [2.24, 2.45) is 5.92 Å². The van der Waals surface area contributed by atoms with Crippen LogP contribution in [0.1, 0.15) is 27.2 Å². The summed E-state index contributed by atoms with van der Waals surface area (Å²) in [5, 5.41) is 2.90. The minimum absolute atomic E-state index is 0.239. The molecule has 108 valence electrons. The van der Waals surface area contributed by atoms with Crippen LogP contribution < -0.4 is 5.32 Å². The molecular formula is C13H23N3O2S. The molecule has 0 aliphatic rings. The minimum Gasteiger partial charge on any atom is -0.387 e. The van der Waals surface area contributed by atoms with Crippen molar-refractivity contribution in [2.75, 3.05) is 25.5 Å². The Hall–Kier alpha value is -1.14. The lowest BCUT2D eigenvalue weighted by atomic mass is 10.1. The first-order valence-electron chi connectivity index (χ1n) is 6.59. The number of anilines is 1. The Morgan fingerprint density at radius 3 is 2.63 bits per heavy atom. The average molecular weight is 285 g/mol. The molecule has 6 heteroatoms. The second-order valence-corrected chi connectivity index (χ2v) is 6.50. The fourth-order valence-corrected chi connectivity index (χ4v) is 3.52. The lowest BCUT2D eigenvalue weighted by molar-refractivity contribution is 0.361. The van der Waals surface area contributed by atoms with Crippen molar-refractivity contribution < 1.29 is 8.42 Å². The predicted molar refractivity (Wildman–Crippen MR) is 77.7 cm³/mol. The van der Waals surface area contributed by atoms with Gasteiger partial charge in [0.2, 0.25) is 10.0 Å². The number of aromatic nitrogens is 1. The summed E-state index contributed by atoms with van der Waals surface area (Å²) in [6.07, 6.45) is 3.94. The van der Waals surface area contributed by atoms with Gasteiger partial charge >= 0.3 is 0 Å². The molecule has 0 amide bonds. The van der Waals surface area contributed by atoms with Crippen molar-refractivity contribution >= 4 is 15.7 Å². The summed E-state index contributed by atoms with van der Waals surface area (Å²) >= 11 is 0. The number of hydrogen-bond acceptors (Lipinski definition) is 4. The van der Waals surface area contributed by atoms with Crippen LogP contribution in [-0.4, -0.2) is 37.8 Å². The van der Waals surface area contributed by atoms with Gasteiger partial charge in [0.05, 0.1) is 5.69 Å². The maximum Gasteiger partial charge on any atom is 0.246 e. The SMILES string of the molecule is CCC(C)CN(CC)S(=O)(=O)c1cnccc1NC. The Morgan fingerprint density at radius 2 is 2.11 bits per heavy atom. The second-order valence-electron chi connectivity index (χ2n) is 4.59. The van der Waals surface area contributed by atoms with E-state index in [-0.39, 0.29) is 4.90 Å². The molecule has 0 spiro atoms. The Bertz CT molecular complexity index is 502. The first-order chi connectivity index (χ1) is 8.97. The molecule has 1 N–H and O–H groups in total. The van der Waals surface area contributed by atoms with Crippen molar-refractivity contribution in [1.29, 1.82) is 0 Å². The van der Waals surface area contributed by atoms with E-state index in [2.05, 4.69) is 24.1 Å². The van der Waals surface area contributed by atoms with Crippen LogP contribution in [0.25, 0.3) is 0 Å². The summed E-state index contributed by atoms with van der Waals surface area (Å²) < 4.78 is 26.8. The van der Waals surface area contributed by atoms with Gasteiger partial charge in [-0.25, -0.2) is 8.42 Å². The van der Waals surface area contributed by atoms with Gasteiger partial charge < -0.3 is 5.32 Å². The maximum absolute atomic E-state index is 12.6. The highest BCUT2D eigenvalue weighted by atomic mass is 32.2. The lowest BCUT2D eigenvalue weighted by Gasteiger charge is -2.24. The normalized spacial score (nSPS) is 13.5. The third-order valence-corrected chi connectivity index (χ3v) is 5.20. The molecule has 0 fully saturated rings. The van der Waals surface area contributed by atoms with E-state index in [0.29, 0.717) is 24.7 Å². The third kappa shape index (κ3) is 3.67. The molecule has 1 atom stereocenters. The van der Waals surface area contributed by atoms with Gasteiger partial charge in [-0.05, 0) is 12.0 Å². The Labute approximate surface area is 116 Å². The van der Waals surface area contributed by atoms with Crippen LogP contribution in [0.4, 0.5) is 5.69 Å². The maximum atomic E-state index is 12.6. The molecule has 0 aliphatic carbocycles. The average Bonchev–Trinajstić information content (AvgIpc) is 2.43. The van der Waals surface area contributed by atoms with Crippen molar-refractivity contribution in [3.63, 3.8) is 0 Å². The zero-order chi connectivity index (χ0) is 14.5. The molecule has 1 heterocycles. The Balaban J connectivity index is 3.13. The summed E-state index contributed by atoms with van der Waals surface area (Å²) in [4.78, 5) is 4.17. The molecule has 5 nitrogen and oxygen atoms in total. The van der Waals surface area contributed by atoms with Crippen LogP contribution in [0.2, 0.25) is 0 Å². The van der Waals surface area contributed by atoms with E-state index in [1.807, 2.05) is 6.92 Å². The van der Waals surface area contributed by atoms with E-state index in [1.54, 1.807) is 19.3 Å². The molecule has 1 aromatic rings. The van der Waals surface area contributed by atoms with E-state index in [0.717, 1.165) is 6.42 Å². The van der Waals surface area contributed by atoms with Gasteiger partial charge in [0.1, 0.15) is 4.90 Å². The molecule has 1 unspecified atom stereocenters. The molecule has 19 heavy (non-hydrogen) atoms. The number of nitrogens with zero attached hydrogens (tertiary/aromatic N) is 2. The summed E-state index contributed by atoms with van der Waals surface area (Å²) in [5.41, 5.74) is 0.581. The highest BCUT2D eigenvalue weighted by Crippen LogP contribution is 2.24. The second kappa shape index (κ2) is 6.86. The number of hydrogen-bond donors (Lipinski definition) is 1. The van der Waals surface area contributed by atoms with Crippen molar-refractivity contribution in [2.45, 2.75) is 32.1 Å². The fraction of sp³-hybridized carbons (Fsp3) is 0.615. The molecule has 1 aromatic heterocycles. The van der Waals surface area contributed by atoms with Gasteiger partial charge in [-0.1, -0.05) is 27.2 Å². The third-order valence-electron chi connectivity index (χ3n) is 3.24. The van der Waals surface area contributed by atoms with Crippen molar-refractivity contribution in [3.8, 4) is 0 Å².